The zero-order chi connectivity index (χ0) is 13.9. The van der Waals surface area contributed by atoms with Gasteiger partial charge in [-0.1, -0.05) is 34.6 Å². The van der Waals surface area contributed by atoms with Crippen molar-refractivity contribution in [2.45, 2.75) is 13.5 Å². The normalized spacial score (nSPS) is 10.9. The van der Waals surface area contributed by atoms with Gasteiger partial charge in [0.05, 0.1) is 12.7 Å². The van der Waals surface area contributed by atoms with Gasteiger partial charge in [-0.05, 0) is 12.5 Å². The fraction of sp³-hybridized carbons (Fsp3) is 0.231. The molecule has 7 nitrogen and oxygen atoms in total. The molecule has 3 aromatic rings. The molecule has 0 radical (unpaired) electrons. The van der Waals surface area contributed by atoms with E-state index in [1.807, 2.05) is 31.2 Å². The fourth-order valence-corrected chi connectivity index (χ4v) is 1.90. The first-order chi connectivity index (χ1) is 9.78. The Balaban J connectivity index is 1.91. The number of hydrogen-bond donors (Lipinski definition) is 1. The van der Waals surface area contributed by atoms with Crippen LogP contribution in [-0.4, -0.2) is 31.7 Å². The summed E-state index contributed by atoms with van der Waals surface area (Å²) in [5.74, 6) is 0.901. The van der Waals surface area contributed by atoms with E-state index in [4.69, 9.17) is 10.3 Å². The molecule has 0 spiro atoms. The van der Waals surface area contributed by atoms with Crippen molar-refractivity contribution in [2.24, 2.45) is 5.73 Å². The maximum Gasteiger partial charge on any atom is 0.280 e. The summed E-state index contributed by atoms with van der Waals surface area (Å²) in [5.41, 5.74) is 8.04. The molecule has 0 bridgehead atoms. The van der Waals surface area contributed by atoms with Gasteiger partial charge in [-0.2, -0.15) is 4.98 Å². The molecule has 0 aliphatic heterocycles. The lowest BCUT2D eigenvalue weighted by Gasteiger charge is -1.97. The first-order valence-electron chi connectivity index (χ1n) is 6.28. The van der Waals surface area contributed by atoms with Gasteiger partial charge in [0, 0.05) is 12.1 Å². The van der Waals surface area contributed by atoms with Gasteiger partial charge < -0.3 is 10.3 Å². The van der Waals surface area contributed by atoms with E-state index >= 15 is 0 Å². The number of benzene rings is 1. The van der Waals surface area contributed by atoms with Gasteiger partial charge in [-0.3, -0.25) is 4.68 Å². The largest absolute Gasteiger partial charge is 0.332 e. The summed E-state index contributed by atoms with van der Waals surface area (Å²) in [6.45, 7) is 3.11. The number of hydrogen-bond acceptors (Lipinski definition) is 6. The number of aromatic nitrogens is 5. The third-order valence-corrected chi connectivity index (χ3v) is 2.93. The molecule has 0 aliphatic rings. The molecule has 2 heterocycles. The standard InChI is InChI=1S/C13H14N6O/c1-9-4-2-3-5-10(9)12-15-13(20-17-12)11-8-19(7-6-14)18-16-11/h2-5,8H,6-7,14H2,1H3. The van der Waals surface area contributed by atoms with Crippen LogP contribution in [0.25, 0.3) is 23.0 Å². The SMILES string of the molecule is Cc1ccccc1-c1noc(-c2cn(CCN)nn2)n1. The fourth-order valence-electron chi connectivity index (χ4n) is 1.90. The van der Waals surface area contributed by atoms with E-state index in [0.29, 0.717) is 30.5 Å². The van der Waals surface area contributed by atoms with Crippen LogP contribution >= 0.6 is 0 Å². The lowest BCUT2D eigenvalue weighted by Crippen LogP contribution is -2.10. The molecule has 0 saturated heterocycles. The number of nitrogens with zero attached hydrogens (tertiary/aromatic N) is 5. The van der Waals surface area contributed by atoms with Crippen LogP contribution in [0.3, 0.4) is 0 Å². The minimum Gasteiger partial charge on any atom is -0.332 e. The van der Waals surface area contributed by atoms with Gasteiger partial charge in [-0.15, -0.1) is 5.10 Å². The lowest BCUT2D eigenvalue weighted by atomic mass is 10.1. The molecule has 102 valence electrons. The Morgan fingerprint density at radius 3 is 2.95 bits per heavy atom. The van der Waals surface area contributed by atoms with E-state index in [-0.39, 0.29) is 0 Å². The van der Waals surface area contributed by atoms with Gasteiger partial charge in [0.2, 0.25) is 5.82 Å². The highest BCUT2D eigenvalue weighted by atomic mass is 16.5. The van der Waals surface area contributed by atoms with E-state index < -0.39 is 0 Å². The second-order valence-electron chi connectivity index (χ2n) is 4.39. The summed E-state index contributed by atoms with van der Waals surface area (Å²) in [6, 6.07) is 7.87. The molecule has 20 heavy (non-hydrogen) atoms. The monoisotopic (exact) mass is 270 g/mol. The molecule has 2 aromatic heterocycles. The molecular weight excluding hydrogens is 256 g/mol. The molecular formula is C13H14N6O. The minimum absolute atomic E-state index is 0.353. The van der Waals surface area contributed by atoms with Crippen LogP contribution in [0.15, 0.2) is 35.0 Å². The summed E-state index contributed by atoms with van der Waals surface area (Å²) in [5, 5.41) is 11.9. The predicted octanol–water partition coefficient (Wildman–Crippen LogP) is 1.26. The smallest absolute Gasteiger partial charge is 0.280 e. The van der Waals surface area contributed by atoms with Gasteiger partial charge >= 0.3 is 0 Å². The number of aryl methyl sites for hydroxylation is 1. The summed E-state index contributed by atoms with van der Waals surface area (Å²) < 4.78 is 6.89. The molecule has 0 unspecified atom stereocenters. The van der Waals surface area contributed by atoms with Crippen LogP contribution in [0.1, 0.15) is 5.56 Å². The van der Waals surface area contributed by atoms with E-state index in [1.165, 1.54) is 0 Å². The number of nitrogens with two attached hydrogens (primary N) is 1. The quantitative estimate of drug-likeness (QED) is 0.766. The Morgan fingerprint density at radius 2 is 2.15 bits per heavy atom. The highest BCUT2D eigenvalue weighted by molar-refractivity contribution is 5.61. The van der Waals surface area contributed by atoms with E-state index in [1.54, 1.807) is 10.9 Å². The summed E-state index contributed by atoms with van der Waals surface area (Å²) in [6.07, 6.45) is 1.74. The maximum absolute atomic E-state index is 5.47. The Kier molecular flexibility index (Phi) is 3.26. The summed E-state index contributed by atoms with van der Waals surface area (Å²) >= 11 is 0. The van der Waals surface area contributed by atoms with Crippen molar-refractivity contribution in [3.05, 3.63) is 36.0 Å². The summed E-state index contributed by atoms with van der Waals surface area (Å²) in [7, 11) is 0. The van der Waals surface area contributed by atoms with Gasteiger partial charge in [0.15, 0.2) is 5.69 Å². The Hall–Kier alpha value is -2.54. The van der Waals surface area contributed by atoms with Crippen molar-refractivity contribution in [1.29, 1.82) is 0 Å². The molecule has 0 saturated carbocycles. The van der Waals surface area contributed by atoms with Crippen LogP contribution in [0, 0.1) is 6.92 Å². The Morgan fingerprint density at radius 1 is 1.30 bits per heavy atom. The van der Waals surface area contributed by atoms with Gasteiger partial charge in [0.25, 0.3) is 5.89 Å². The third-order valence-electron chi connectivity index (χ3n) is 2.93. The molecule has 0 fully saturated rings. The second-order valence-corrected chi connectivity index (χ2v) is 4.39. The van der Waals surface area contributed by atoms with Crippen LogP contribution in [0.5, 0.6) is 0 Å². The van der Waals surface area contributed by atoms with Crippen molar-refractivity contribution in [3.63, 3.8) is 0 Å². The first-order valence-corrected chi connectivity index (χ1v) is 6.28. The average molecular weight is 270 g/mol. The molecule has 0 atom stereocenters. The van der Waals surface area contributed by atoms with Crippen molar-refractivity contribution in [1.82, 2.24) is 25.1 Å². The topological polar surface area (TPSA) is 95.7 Å². The highest BCUT2D eigenvalue weighted by Gasteiger charge is 2.14. The van der Waals surface area contributed by atoms with Crippen LogP contribution in [-0.2, 0) is 6.54 Å². The second kappa shape index (κ2) is 5.22. The lowest BCUT2D eigenvalue weighted by molar-refractivity contribution is 0.431. The van der Waals surface area contributed by atoms with E-state index in [9.17, 15) is 0 Å². The predicted molar refractivity (Wildman–Crippen MR) is 72.5 cm³/mol. The molecule has 1 aromatic carbocycles. The van der Waals surface area contributed by atoms with Crippen molar-refractivity contribution in [3.8, 4) is 23.0 Å². The zero-order valence-corrected chi connectivity index (χ0v) is 11.0. The molecule has 3 rings (SSSR count). The maximum atomic E-state index is 5.47. The van der Waals surface area contributed by atoms with Crippen molar-refractivity contribution in [2.75, 3.05) is 6.54 Å². The van der Waals surface area contributed by atoms with Crippen LogP contribution < -0.4 is 5.73 Å². The Labute approximate surface area is 115 Å². The first kappa shape index (κ1) is 12.5. The molecule has 7 heteroatoms. The molecule has 2 N–H and O–H groups in total. The van der Waals surface area contributed by atoms with Crippen LogP contribution in [0.2, 0.25) is 0 Å². The third kappa shape index (κ3) is 2.30. The van der Waals surface area contributed by atoms with Crippen molar-refractivity contribution >= 4 is 0 Å². The minimum atomic E-state index is 0.353. The number of rotatable bonds is 4. The van der Waals surface area contributed by atoms with Crippen molar-refractivity contribution < 1.29 is 4.52 Å². The molecule has 0 amide bonds. The van der Waals surface area contributed by atoms with E-state index in [2.05, 4.69) is 20.5 Å². The van der Waals surface area contributed by atoms with Gasteiger partial charge in [0.1, 0.15) is 0 Å². The summed E-state index contributed by atoms with van der Waals surface area (Å²) in [4.78, 5) is 4.36. The van der Waals surface area contributed by atoms with E-state index in [0.717, 1.165) is 11.1 Å². The zero-order valence-electron chi connectivity index (χ0n) is 11.0. The molecule has 0 aliphatic carbocycles. The highest BCUT2D eigenvalue weighted by Crippen LogP contribution is 2.22. The Bertz CT molecular complexity index is 717. The van der Waals surface area contributed by atoms with Gasteiger partial charge in [-0.25, -0.2) is 0 Å². The van der Waals surface area contributed by atoms with Crippen LogP contribution in [0.4, 0.5) is 0 Å². The average Bonchev–Trinajstić information content (AvgIpc) is 3.08.